The molecule has 1 saturated heterocycles. The summed E-state index contributed by atoms with van der Waals surface area (Å²) in [6, 6.07) is 0. The van der Waals surface area contributed by atoms with Gasteiger partial charge in [0.1, 0.15) is 0 Å². The molecule has 0 saturated carbocycles. The van der Waals surface area contributed by atoms with E-state index in [4.69, 9.17) is 5.11 Å². The number of nitrogens with zero attached hydrogens (tertiary/aromatic N) is 1. The zero-order chi connectivity index (χ0) is 8.81. The Morgan fingerprint density at radius 3 is 3.08 bits per heavy atom. The monoisotopic (exact) mass is 169 g/mol. The second-order valence-corrected chi connectivity index (χ2v) is 3.57. The predicted molar refractivity (Wildman–Crippen MR) is 51.1 cm³/mol. The SMILES string of the molecule is C=CCN1CCCC(CCO)C1. The van der Waals surface area contributed by atoms with E-state index in [-0.39, 0.29) is 0 Å². The molecule has 1 N–H and O–H groups in total. The number of likely N-dealkylation sites (tertiary alicyclic amines) is 1. The Hall–Kier alpha value is -0.340. The van der Waals surface area contributed by atoms with Crippen molar-refractivity contribution in [2.45, 2.75) is 19.3 Å². The fraction of sp³-hybridized carbons (Fsp3) is 0.800. The van der Waals surface area contributed by atoms with Crippen LogP contribution >= 0.6 is 0 Å². The highest BCUT2D eigenvalue weighted by Gasteiger charge is 2.17. The second kappa shape index (κ2) is 5.33. The van der Waals surface area contributed by atoms with E-state index >= 15 is 0 Å². The maximum atomic E-state index is 8.80. The number of rotatable bonds is 4. The quantitative estimate of drug-likeness (QED) is 0.641. The average molecular weight is 169 g/mol. The van der Waals surface area contributed by atoms with Crippen LogP contribution in [0, 0.1) is 5.92 Å². The fourth-order valence-electron chi connectivity index (χ4n) is 1.92. The summed E-state index contributed by atoms with van der Waals surface area (Å²) in [7, 11) is 0. The normalized spacial score (nSPS) is 25.6. The minimum atomic E-state index is 0.340. The Morgan fingerprint density at radius 2 is 2.42 bits per heavy atom. The van der Waals surface area contributed by atoms with Gasteiger partial charge in [-0.15, -0.1) is 6.58 Å². The number of hydrogen-bond acceptors (Lipinski definition) is 2. The van der Waals surface area contributed by atoms with Crippen LogP contribution < -0.4 is 0 Å². The zero-order valence-electron chi connectivity index (χ0n) is 7.71. The number of aliphatic hydroxyl groups excluding tert-OH is 1. The summed E-state index contributed by atoms with van der Waals surface area (Å²) in [5.74, 6) is 0.712. The highest BCUT2D eigenvalue weighted by Crippen LogP contribution is 2.18. The van der Waals surface area contributed by atoms with Gasteiger partial charge in [0, 0.05) is 19.7 Å². The molecule has 1 aliphatic rings. The summed E-state index contributed by atoms with van der Waals surface area (Å²) >= 11 is 0. The Morgan fingerprint density at radius 1 is 1.58 bits per heavy atom. The number of piperidine rings is 1. The van der Waals surface area contributed by atoms with Gasteiger partial charge in [-0.25, -0.2) is 0 Å². The topological polar surface area (TPSA) is 23.5 Å². The van der Waals surface area contributed by atoms with E-state index in [1.165, 1.54) is 19.4 Å². The first-order chi connectivity index (χ1) is 5.86. The molecule has 0 aromatic carbocycles. The van der Waals surface area contributed by atoms with Crippen molar-refractivity contribution in [1.82, 2.24) is 4.90 Å². The van der Waals surface area contributed by atoms with Gasteiger partial charge >= 0.3 is 0 Å². The third-order valence-corrected chi connectivity index (χ3v) is 2.53. The zero-order valence-corrected chi connectivity index (χ0v) is 7.71. The van der Waals surface area contributed by atoms with Gasteiger partial charge in [0.25, 0.3) is 0 Å². The van der Waals surface area contributed by atoms with E-state index < -0.39 is 0 Å². The van der Waals surface area contributed by atoms with Gasteiger partial charge in [-0.05, 0) is 31.7 Å². The van der Waals surface area contributed by atoms with Crippen LogP contribution in [0.3, 0.4) is 0 Å². The lowest BCUT2D eigenvalue weighted by molar-refractivity contribution is 0.159. The molecule has 0 radical (unpaired) electrons. The average Bonchev–Trinajstić information content (AvgIpc) is 2.06. The van der Waals surface area contributed by atoms with E-state index in [1.54, 1.807) is 0 Å². The van der Waals surface area contributed by atoms with Crippen molar-refractivity contribution >= 4 is 0 Å². The van der Waals surface area contributed by atoms with Gasteiger partial charge in [0.05, 0.1) is 0 Å². The van der Waals surface area contributed by atoms with Crippen molar-refractivity contribution in [3.8, 4) is 0 Å². The Bertz CT molecular complexity index is 134. The predicted octanol–water partition coefficient (Wildman–Crippen LogP) is 1.27. The third kappa shape index (κ3) is 2.95. The van der Waals surface area contributed by atoms with Crippen molar-refractivity contribution in [3.05, 3.63) is 12.7 Å². The van der Waals surface area contributed by atoms with E-state index in [1.807, 2.05) is 6.08 Å². The lowest BCUT2D eigenvalue weighted by atomic mass is 9.95. The first kappa shape index (κ1) is 9.75. The molecule has 1 rings (SSSR count). The van der Waals surface area contributed by atoms with Gasteiger partial charge in [-0.2, -0.15) is 0 Å². The number of aliphatic hydroxyl groups is 1. The van der Waals surface area contributed by atoms with E-state index in [0.29, 0.717) is 12.5 Å². The van der Waals surface area contributed by atoms with Gasteiger partial charge in [0.2, 0.25) is 0 Å². The first-order valence-electron chi connectivity index (χ1n) is 4.81. The van der Waals surface area contributed by atoms with Gasteiger partial charge in [0.15, 0.2) is 0 Å². The molecule has 0 aromatic heterocycles. The van der Waals surface area contributed by atoms with Crippen molar-refractivity contribution in [3.63, 3.8) is 0 Å². The minimum Gasteiger partial charge on any atom is -0.396 e. The molecular formula is C10H19NO. The van der Waals surface area contributed by atoms with Gasteiger partial charge in [-0.3, -0.25) is 4.90 Å². The molecule has 1 atom stereocenters. The highest BCUT2D eigenvalue weighted by molar-refractivity contribution is 4.79. The molecule has 70 valence electrons. The van der Waals surface area contributed by atoms with Gasteiger partial charge < -0.3 is 5.11 Å². The Labute approximate surface area is 74.9 Å². The maximum absolute atomic E-state index is 8.80. The molecule has 1 aliphatic heterocycles. The Kier molecular flexibility index (Phi) is 4.33. The molecule has 0 spiro atoms. The van der Waals surface area contributed by atoms with Crippen molar-refractivity contribution in [1.29, 1.82) is 0 Å². The van der Waals surface area contributed by atoms with E-state index in [2.05, 4.69) is 11.5 Å². The van der Waals surface area contributed by atoms with E-state index in [0.717, 1.165) is 19.5 Å². The highest BCUT2D eigenvalue weighted by atomic mass is 16.3. The molecule has 2 heteroatoms. The second-order valence-electron chi connectivity index (χ2n) is 3.57. The largest absolute Gasteiger partial charge is 0.396 e. The molecule has 1 fully saturated rings. The summed E-state index contributed by atoms with van der Waals surface area (Å²) in [5.41, 5.74) is 0. The third-order valence-electron chi connectivity index (χ3n) is 2.53. The summed E-state index contributed by atoms with van der Waals surface area (Å²) < 4.78 is 0. The van der Waals surface area contributed by atoms with Crippen molar-refractivity contribution < 1.29 is 5.11 Å². The number of hydrogen-bond donors (Lipinski definition) is 1. The minimum absolute atomic E-state index is 0.340. The molecule has 0 bridgehead atoms. The van der Waals surface area contributed by atoms with Gasteiger partial charge in [-0.1, -0.05) is 6.08 Å². The van der Waals surface area contributed by atoms with Crippen LogP contribution in [0.2, 0.25) is 0 Å². The lowest BCUT2D eigenvalue weighted by Gasteiger charge is -2.31. The van der Waals surface area contributed by atoms with Crippen LogP contribution in [0.25, 0.3) is 0 Å². The van der Waals surface area contributed by atoms with Crippen LogP contribution in [0.5, 0.6) is 0 Å². The van der Waals surface area contributed by atoms with Crippen LogP contribution in [0.4, 0.5) is 0 Å². The van der Waals surface area contributed by atoms with Crippen LogP contribution in [0.15, 0.2) is 12.7 Å². The first-order valence-corrected chi connectivity index (χ1v) is 4.81. The smallest absolute Gasteiger partial charge is 0.0434 e. The molecular weight excluding hydrogens is 150 g/mol. The van der Waals surface area contributed by atoms with Crippen LogP contribution in [-0.2, 0) is 0 Å². The maximum Gasteiger partial charge on any atom is 0.0434 e. The molecule has 2 nitrogen and oxygen atoms in total. The van der Waals surface area contributed by atoms with Crippen molar-refractivity contribution in [2.24, 2.45) is 5.92 Å². The Balaban J connectivity index is 2.24. The van der Waals surface area contributed by atoms with Crippen molar-refractivity contribution in [2.75, 3.05) is 26.2 Å². The van der Waals surface area contributed by atoms with Crippen LogP contribution in [0.1, 0.15) is 19.3 Å². The molecule has 0 amide bonds. The summed E-state index contributed by atoms with van der Waals surface area (Å²) in [6.45, 7) is 7.42. The lowest BCUT2D eigenvalue weighted by Crippen LogP contribution is -2.35. The fourth-order valence-corrected chi connectivity index (χ4v) is 1.92. The summed E-state index contributed by atoms with van der Waals surface area (Å²) in [6.07, 6.45) is 5.49. The van der Waals surface area contributed by atoms with Crippen LogP contribution in [-0.4, -0.2) is 36.2 Å². The summed E-state index contributed by atoms with van der Waals surface area (Å²) in [5, 5.41) is 8.80. The molecule has 12 heavy (non-hydrogen) atoms. The standard InChI is InChI=1S/C10H19NO/c1-2-6-11-7-3-4-10(9-11)5-8-12/h2,10,12H,1,3-9H2. The summed E-state index contributed by atoms with van der Waals surface area (Å²) in [4.78, 5) is 2.41. The van der Waals surface area contributed by atoms with E-state index in [9.17, 15) is 0 Å². The molecule has 1 heterocycles. The molecule has 0 aromatic rings. The molecule has 0 aliphatic carbocycles. The molecule has 1 unspecified atom stereocenters.